The smallest absolute Gasteiger partial charge is 0.237 e. The van der Waals surface area contributed by atoms with Crippen molar-refractivity contribution < 1.29 is 19.3 Å². The molecule has 24 heavy (non-hydrogen) atoms. The van der Waals surface area contributed by atoms with E-state index in [1.54, 1.807) is 14.2 Å². The molecule has 0 unspecified atom stereocenters. The van der Waals surface area contributed by atoms with E-state index < -0.39 is 11.9 Å². The molecule has 0 amide bonds. The van der Waals surface area contributed by atoms with Gasteiger partial charge >= 0.3 is 0 Å². The molecule has 1 saturated carbocycles. The Bertz CT molecular complexity index is 720. The zero-order valence-electron chi connectivity index (χ0n) is 14.6. The Hall–Kier alpha value is -1.30. The van der Waals surface area contributed by atoms with Gasteiger partial charge in [-0.1, -0.05) is 0 Å². The highest BCUT2D eigenvalue weighted by atomic mass is 16.7. The van der Waals surface area contributed by atoms with Crippen molar-refractivity contribution in [1.29, 1.82) is 0 Å². The molecular weight excluding hydrogens is 306 g/mol. The number of benzene rings is 1. The van der Waals surface area contributed by atoms with Crippen LogP contribution in [0.1, 0.15) is 48.4 Å². The highest BCUT2D eigenvalue weighted by Gasteiger charge is 2.62. The Labute approximate surface area is 142 Å². The fourth-order valence-corrected chi connectivity index (χ4v) is 5.70. The standard InChI is InChI=1S/C19H25NO4/c1-20-7-5-11-8-13(22-2)17-16-15(11)12(20)9-18(16)6-4-14(21)19(10-18,23-3)24-17/h8,12,14,21H,4-7,9-10H2,1-3H3/t12-,14+,18+,19-/m1/s1. The van der Waals surface area contributed by atoms with Gasteiger partial charge in [0.25, 0.3) is 0 Å². The second-order valence-electron chi connectivity index (χ2n) is 7.94. The van der Waals surface area contributed by atoms with Gasteiger partial charge in [0.15, 0.2) is 11.5 Å². The number of hydrogen-bond donors (Lipinski definition) is 1. The molecule has 2 aliphatic carbocycles. The molecule has 4 atom stereocenters. The molecule has 1 spiro atoms. The van der Waals surface area contributed by atoms with Gasteiger partial charge in [-0.2, -0.15) is 0 Å². The van der Waals surface area contributed by atoms with Gasteiger partial charge in [0, 0.05) is 37.1 Å². The van der Waals surface area contributed by atoms with Gasteiger partial charge in [0.2, 0.25) is 5.79 Å². The Morgan fingerprint density at radius 2 is 2.21 bits per heavy atom. The topological polar surface area (TPSA) is 51.2 Å². The molecule has 0 radical (unpaired) electrons. The summed E-state index contributed by atoms with van der Waals surface area (Å²) in [7, 11) is 5.56. The molecule has 0 aromatic heterocycles. The molecule has 1 fully saturated rings. The van der Waals surface area contributed by atoms with Crippen molar-refractivity contribution in [2.45, 2.75) is 55.5 Å². The number of fused-ring (bicyclic) bond motifs is 1. The van der Waals surface area contributed by atoms with Crippen LogP contribution in [0, 0.1) is 0 Å². The van der Waals surface area contributed by atoms with Crippen LogP contribution in [-0.4, -0.2) is 49.7 Å². The second kappa shape index (κ2) is 4.65. The summed E-state index contributed by atoms with van der Waals surface area (Å²) in [6.45, 7) is 1.08. The van der Waals surface area contributed by atoms with Gasteiger partial charge < -0.3 is 19.3 Å². The first kappa shape index (κ1) is 15.0. The van der Waals surface area contributed by atoms with Crippen molar-refractivity contribution in [3.8, 4) is 11.5 Å². The molecule has 5 rings (SSSR count). The van der Waals surface area contributed by atoms with Gasteiger partial charge in [0.1, 0.15) is 6.10 Å². The number of aliphatic hydroxyl groups excluding tert-OH is 1. The first-order valence-corrected chi connectivity index (χ1v) is 8.90. The number of hydrogen-bond acceptors (Lipinski definition) is 5. The van der Waals surface area contributed by atoms with E-state index in [0.717, 1.165) is 50.1 Å². The summed E-state index contributed by atoms with van der Waals surface area (Å²) in [5.74, 6) is 0.646. The molecule has 5 nitrogen and oxygen atoms in total. The lowest BCUT2D eigenvalue weighted by atomic mass is 9.65. The SMILES string of the molecule is COc1cc2c3c4c1O[C@]1(OC)C[C@]4(CC[C@@H]1O)C[C@H]3N(C)CC2. The van der Waals surface area contributed by atoms with E-state index in [1.807, 2.05) is 0 Å². The molecule has 1 N–H and O–H groups in total. The molecule has 0 saturated heterocycles. The van der Waals surface area contributed by atoms with Gasteiger partial charge in [-0.15, -0.1) is 0 Å². The molecule has 4 aliphatic rings. The lowest BCUT2D eigenvalue weighted by Gasteiger charge is -2.52. The molecule has 2 bridgehead atoms. The average molecular weight is 331 g/mol. The highest BCUT2D eigenvalue weighted by Crippen LogP contribution is 2.65. The van der Waals surface area contributed by atoms with Gasteiger partial charge in [-0.25, -0.2) is 0 Å². The lowest BCUT2D eigenvalue weighted by Crippen LogP contribution is -2.59. The molecule has 1 aromatic rings. The number of methoxy groups -OCH3 is 2. The van der Waals surface area contributed by atoms with Crippen LogP contribution in [0.25, 0.3) is 0 Å². The van der Waals surface area contributed by atoms with Crippen molar-refractivity contribution in [3.05, 3.63) is 22.8 Å². The number of rotatable bonds is 2. The van der Waals surface area contributed by atoms with Gasteiger partial charge in [0.05, 0.1) is 7.11 Å². The van der Waals surface area contributed by atoms with Crippen molar-refractivity contribution in [1.82, 2.24) is 4.90 Å². The molecule has 1 aromatic carbocycles. The zero-order valence-corrected chi connectivity index (χ0v) is 14.6. The van der Waals surface area contributed by atoms with Crippen molar-refractivity contribution in [3.63, 3.8) is 0 Å². The summed E-state index contributed by atoms with van der Waals surface area (Å²) in [4.78, 5) is 2.47. The molecule has 5 heteroatoms. The molecule has 2 heterocycles. The highest BCUT2D eigenvalue weighted by molar-refractivity contribution is 5.63. The third kappa shape index (κ3) is 1.61. The Kier molecular flexibility index (Phi) is 2.91. The third-order valence-electron chi connectivity index (χ3n) is 6.91. The summed E-state index contributed by atoms with van der Waals surface area (Å²) < 4.78 is 17.8. The monoisotopic (exact) mass is 331 g/mol. The summed E-state index contributed by atoms with van der Waals surface area (Å²) in [5, 5.41) is 10.6. The quantitative estimate of drug-likeness (QED) is 0.900. The predicted molar refractivity (Wildman–Crippen MR) is 88.6 cm³/mol. The number of likely N-dealkylation sites (N-methyl/N-ethyl adjacent to an activating group) is 1. The van der Waals surface area contributed by atoms with Crippen LogP contribution in [0.2, 0.25) is 0 Å². The van der Waals surface area contributed by atoms with E-state index in [9.17, 15) is 5.11 Å². The maximum atomic E-state index is 10.6. The fraction of sp³-hybridized carbons (Fsp3) is 0.684. The zero-order chi connectivity index (χ0) is 16.7. The summed E-state index contributed by atoms with van der Waals surface area (Å²) >= 11 is 0. The third-order valence-corrected chi connectivity index (χ3v) is 6.91. The maximum absolute atomic E-state index is 10.6. The van der Waals surface area contributed by atoms with Crippen LogP contribution in [-0.2, 0) is 16.6 Å². The van der Waals surface area contributed by atoms with Crippen LogP contribution >= 0.6 is 0 Å². The minimum Gasteiger partial charge on any atom is -0.493 e. The van der Waals surface area contributed by atoms with E-state index in [4.69, 9.17) is 14.2 Å². The van der Waals surface area contributed by atoms with E-state index in [2.05, 4.69) is 18.0 Å². The normalized spacial score (nSPS) is 39.3. The van der Waals surface area contributed by atoms with E-state index in [-0.39, 0.29) is 5.41 Å². The van der Waals surface area contributed by atoms with Crippen molar-refractivity contribution in [2.24, 2.45) is 0 Å². The largest absolute Gasteiger partial charge is 0.493 e. The summed E-state index contributed by atoms with van der Waals surface area (Å²) in [5.41, 5.74) is 4.24. The Morgan fingerprint density at radius 1 is 1.38 bits per heavy atom. The Morgan fingerprint density at radius 3 is 2.96 bits per heavy atom. The predicted octanol–water partition coefficient (Wildman–Crippen LogP) is 2.15. The minimum absolute atomic E-state index is 0.0325. The Balaban J connectivity index is 1.80. The summed E-state index contributed by atoms with van der Waals surface area (Å²) in [6, 6.07) is 2.59. The van der Waals surface area contributed by atoms with Crippen LogP contribution in [0.4, 0.5) is 0 Å². The first-order valence-electron chi connectivity index (χ1n) is 8.90. The number of aliphatic hydroxyl groups is 1. The van der Waals surface area contributed by atoms with E-state index in [0.29, 0.717) is 6.04 Å². The first-order chi connectivity index (χ1) is 11.5. The van der Waals surface area contributed by atoms with E-state index in [1.165, 1.54) is 16.7 Å². The molecule has 130 valence electrons. The summed E-state index contributed by atoms with van der Waals surface area (Å²) in [6.07, 6.45) is 3.98. The number of nitrogens with zero attached hydrogens (tertiary/aromatic N) is 1. The second-order valence-corrected chi connectivity index (χ2v) is 7.94. The maximum Gasteiger partial charge on any atom is 0.237 e. The van der Waals surface area contributed by atoms with Crippen LogP contribution < -0.4 is 9.47 Å². The number of ether oxygens (including phenoxy) is 3. The van der Waals surface area contributed by atoms with Crippen molar-refractivity contribution in [2.75, 3.05) is 27.8 Å². The van der Waals surface area contributed by atoms with Crippen LogP contribution in [0.15, 0.2) is 6.07 Å². The fourth-order valence-electron chi connectivity index (χ4n) is 5.70. The van der Waals surface area contributed by atoms with Gasteiger partial charge in [-0.05, 0) is 49.9 Å². The molecule has 2 aliphatic heterocycles. The van der Waals surface area contributed by atoms with E-state index >= 15 is 0 Å². The van der Waals surface area contributed by atoms with Crippen LogP contribution in [0.3, 0.4) is 0 Å². The van der Waals surface area contributed by atoms with Gasteiger partial charge in [-0.3, -0.25) is 4.90 Å². The lowest BCUT2D eigenvalue weighted by molar-refractivity contribution is -0.260. The van der Waals surface area contributed by atoms with Crippen LogP contribution in [0.5, 0.6) is 11.5 Å². The molecular formula is C19H25NO4. The average Bonchev–Trinajstić information content (AvgIpc) is 2.94. The van der Waals surface area contributed by atoms with Crippen molar-refractivity contribution >= 4 is 0 Å². The minimum atomic E-state index is -0.946.